The number of hydrogen-bond donors (Lipinski definition) is 2. The van der Waals surface area contributed by atoms with Crippen LogP contribution in [0.2, 0.25) is 0 Å². The molecule has 4 heteroatoms. The molecule has 20 heavy (non-hydrogen) atoms. The number of nitrogens with zero attached hydrogens (tertiary/aromatic N) is 1. The predicted molar refractivity (Wildman–Crippen MR) is 83.2 cm³/mol. The van der Waals surface area contributed by atoms with Crippen molar-refractivity contribution in [2.75, 3.05) is 25.0 Å². The number of nitrogens with one attached hydrogen (secondary N) is 2. The van der Waals surface area contributed by atoms with Crippen molar-refractivity contribution in [2.45, 2.75) is 39.2 Å². The highest BCUT2D eigenvalue weighted by Crippen LogP contribution is 2.23. The summed E-state index contributed by atoms with van der Waals surface area (Å²) in [5.74, 6) is 0. The Hall–Kier alpha value is -1.55. The molecule has 0 saturated carbocycles. The summed E-state index contributed by atoms with van der Waals surface area (Å²) < 4.78 is 0. The van der Waals surface area contributed by atoms with Gasteiger partial charge in [0.15, 0.2) is 0 Å². The van der Waals surface area contributed by atoms with Gasteiger partial charge in [0.2, 0.25) is 0 Å². The number of hydrogen-bond acceptors (Lipinski definition) is 2. The molecule has 110 valence electrons. The Labute approximate surface area is 121 Å². The minimum Gasteiger partial charge on any atom is -0.319 e. The second-order valence-electron chi connectivity index (χ2n) is 6.50. The molecule has 0 spiro atoms. The van der Waals surface area contributed by atoms with Gasteiger partial charge >= 0.3 is 6.03 Å². The number of benzene rings is 1. The molecule has 0 radical (unpaired) electrons. The van der Waals surface area contributed by atoms with Crippen molar-refractivity contribution in [2.24, 2.45) is 0 Å². The molecule has 2 N–H and O–H groups in total. The van der Waals surface area contributed by atoms with Crippen LogP contribution in [0.1, 0.15) is 33.3 Å². The molecule has 1 unspecified atom stereocenters. The summed E-state index contributed by atoms with van der Waals surface area (Å²) in [6.45, 7) is 11.1. The summed E-state index contributed by atoms with van der Waals surface area (Å²) >= 11 is 0. The first-order chi connectivity index (χ1) is 9.38. The van der Waals surface area contributed by atoms with E-state index in [-0.39, 0.29) is 17.5 Å². The van der Waals surface area contributed by atoms with Gasteiger partial charge in [0, 0.05) is 31.4 Å². The van der Waals surface area contributed by atoms with E-state index in [0.717, 1.165) is 25.3 Å². The SMILES string of the molecule is CC1CNCCN1C(=O)Nc1ccc(C(C)(C)C)cc1. The van der Waals surface area contributed by atoms with Crippen LogP contribution >= 0.6 is 0 Å². The fourth-order valence-electron chi connectivity index (χ4n) is 2.39. The first kappa shape index (κ1) is 14.9. The third kappa shape index (κ3) is 3.51. The number of anilines is 1. The Morgan fingerprint density at radius 1 is 1.30 bits per heavy atom. The smallest absolute Gasteiger partial charge is 0.319 e. The molecule has 1 aromatic carbocycles. The van der Waals surface area contributed by atoms with Crippen molar-refractivity contribution in [3.8, 4) is 0 Å². The summed E-state index contributed by atoms with van der Waals surface area (Å²) in [5.41, 5.74) is 2.26. The Kier molecular flexibility index (Phi) is 4.33. The third-order valence-corrected chi connectivity index (χ3v) is 3.76. The van der Waals surface area contributed by atoms with Crippen molar-refractivity contribution in [3.63, 3.8) is 0 Å². The first-order valence-electron chi connectivity index (χ1n) is 7.27. The van der Waals surface area contributed by atoms with E-state index in [0.29, 0.717) is 0 Å². The second kappa shape index (κ2) is 5.83. The van der Waals surface area contributed by atoms with Gasteiger partial charge < -0.3 is 15.5 Å². The maximum absolute atomic E-state index is 12.2. The molecule has 1 aliphatic heterocycles. The minimum absolute atomic E-state index is 0.0116. The van der Waals surface area contributed by atoms with Gasteiger partial charge in [-0.1, -0.05) is 32.9 Å². The lowest BCUT2D eigenvalue weighted by Gasteiger charge is -2.33. The quantitative estimate of drug-likeness (QED) is 0.828. The Morgan fingerprint density at radius 2 is 1.95 bits per heavy atom. The number of carbonyl (C=O) groups excluding carboxylic acids is 1. The molecule has 1 saturated heterocycles. The van der Waals surface area contributed by atoms with Crippen LogP contribution < -0.4 is 10.6 Å². The number of amides is 2. The second-order valence-corrected chi connectivity index (χ2v) is 6.50. The molecule has 0 aromatic heterocycles. The van der Waals surface area contributed by atoms with E-state index >= 15 is 0 Å². The average molecular weight is 275 g/mol. The number of piperazine rings is 1. The lowest BCUT2D eigenvalue weighted by molar-refractivity contribution is 0.177. The van der Waals surface area contributed by atoms with Gasteiger partial charge in [-0.15, -0.1) is 0 Å². The van der Waals surface area contributed by atoms with E-state index in [1.54, 1.807) is 0 Å². The van der Waals surface area contributed by atoms with Crippen LogP contribution in [0.15, 0.2) is 24.3 Å². The fraction of sp³-hybridized carbons (Fsp3) is 0.562. The van der Waals surface area contributed by atoms with Crippen LogP contribution in [0, 0.1) is 0 Å². The van der Waals surface area contributed by atoms with Crippen LogP contribution in [-0.2, 0) is 5.41 Å². The Bertz CT molecular complexity index is 462. The lowest BCUT2D eigenvalue weighted by atomic mass is 9.87. The number of urea groups is 1. The van der Waals surface area contributed by atoms with Crippen molar-refractivity contribution in [3.05, 3.63) is 29.8 Å². The summed E-state index contributed by atoms with van der Waals surface area (Å²) in [6, 6.07) is 8.34. The molecule has 0 aliphatic carbocycles. The zero-order chi connectivity index (χ0) is 14.8. The molecule has 0 bridgehead atoms. The largest absolute Gasteiger partial charge is 0.322 e. The third-order valence-electron chi connectivity index (χ3n) is 3.76. The zero-order valence-corrected chi connectivity index (χ0v) is 12.9. The van der Waals surface area contributed by atoms with Gasteiger partial charge in [-0.05, 0) is 30.0 Å². The standard InChI is InChI=1S/C16H25N3O/c1-12-11-17-9-10-19(12)15(20)18-14-7-5-13(6-8-14)16(2,3)4/h5-8,12,17H,9-11H2,1-4H3,(H,18,20). The summed E-state index contributed by atoms with van der Waals surface area (Å²) in [5, 5.41) is 6.27. The van der Waals surface area contributed by atoms with Crippen LogP contribution in [-0.4, -0.2) is 36.6 Å². The van der Waals surface area contributed by atoms with Crippen LogP contribution in [0.5, 0.6) is 0 Å². The molecule has 1 fully saturated rings. The van der Waals surface area contributed by atoms with Crippen LogP contribution in [0.3, 0.4) is 0 Å². The maximum atomic E-state index is 12.2. The van der Waals surface area contributed by atoms with E-state index in [1.165, 1.54) is 5.56 Å². The van der Waals surface area contributed by atoms with Crippen LogP contribution in [0.25, 0.3) is 0 Å². The molecular weight excluding hydrogens is 250 g/mol. The van der Waals surface area contributed by atoms with E-state index in [9.17, 15) is 4.79 Å². The molecule has 1 atom stereocenters. The average Bonchev–Trinajstić information content (AvgIpc) is 2.38. The lowest BCUT2D eigenvalue weighted by Crippen LogP contribution is -2.53. The van der Waals surface area contributed by atoms with Crippen molar-refractivity contribution in [1.29, 1.82) is 0 Å². The van der Waals surface area contributed by atoms with Gasteiger partial charge in [-0.3, -0.25) is 0 Å². The topological polar surface area (TPSA) is 44.4 Å². The van der Waals surface area contributed by atoms with E-state index in [1.807, 2.05) is 17.0 Å². The summed E-state index contributed by atoms with van der Waals surface area (Å²) in [6.07, 6.45) is 0. The van der Waals surface area contributed by atoms with Crippen molar-refractivity contribution >= 4 is 11.7 Å². The summed E-state index contributed by atoms with van der Waals surface area (Å²) in [4.78, 5) is 14.1. The highest BCUT2D eigenvalue weighted by Gasteiger charge is 2.23. The highest BCUT2D eigenvalue weighted by molar-refractivity contribution is 5.89. The van der Waals surface area contributed by atoms with E-state index in [4.69, 9.17) is 0 Å². The predicted octanol–water partition coefficient (Wildman–Crippen LogP) is 2.81. The Morgan fingerprint density at radius 3 is 2.50 bits per heavy atom. The van der Waals surface area contributed by atoms with Gasteiger partial charge in [-0.25, -0.2) is 4.79 Å². The van der Waals surface area contributed by atoms with Crippen molar-refractivity contribution < 1.29 is 4.79 Å². The van der Waals surface area contributed by atoms with Gasteiger partial charge in [0.05, 0.1) is 0 Å². The van der Waals surface area contributed by atoms with E-state index in [2.05, 4.69) is 50.5 Å². The normalized spacial score (nSPS) is 19.8. The van der Waals surface area contributed by atoms with Gasteiger partial charge in [-0.2, -0.15) is 0 Å². The van der Waals surface area contributed by atoms with E-state index < -0.39 is 0 Å². The zero-order valence-electron chi connectivity index (χ0n) is 12.9. The fourth-order valence-corrected chi connectivity index (χ4v) is 2.39. The number of rotatable bonds is 1. The molecule has 4 nitrogen and oxygen atoms in total. The molecule has 1 heterocycles. The first-order valence-corrected chi connectivity index (χ1v) is 7.27. The molecule has 2 amide bonds. The highest BCUT2D eigenvalue weighted by atomic mass is 16.2. The molecule has 2 rings (SSSR count). The summed E-state index contributed by atoms with van der Waals surface area (Å²) in [7, 11) is 0. The van der Waals surface area contributed by atoms with Crippen LogP contribution in [0.4, 0.5) is 10.5 Å². The monoisotopic (exact) mass is 275 g/mol. The van der Waals surface area contributed by atoms with Crippen molar-refractivity contribution in [1.82, 2.24) is 10.2 Å². The molecular formula is C16H25N3O. The van der Waals surface area contributed by atoms with Gasteiger partial charge in [0.1, 0.15) is 0 Å². The molecule has 1 aromatic rings. The molecule has 1 aliphatic rings. The maximum Gasteiger partial charge on any atom is 0.322 e. The minimum atomic E-state index is -0.0116. The Balaban J connectivity index is 2.01. The number of carbonyl (C=O) groups is 1. The van der Waals surface area contributed by atoms with Gasteiger partial charge in [0.25, 0.3) is 0 Å².